The first-order valence-electron chi connectivity index (χ1n) is 9.41. The smallest absolute Gasteiger partial charge is 0.188 e. The quantitative estimate of drug-likeness (QED) is 0.665. The average molecular weight is 365 g/mol. The zero-order valence-corrected chi connectivity index (χ0v) is 16.0. The fourth-order valence-electron chi connectivity index (χ4n) is 4.50. The Morgan fingerprint density at radius 3 is 2.69 bits per heavy atom. The zero-order valence-electron chi connectivity index (χ0n) is 15.2. The Labute approximate surface area is 159 Å². The second kappa shape index (κ2) is 7.28. The van der Waals surface area contributed by atoms with Crippen LogP contribution in [0.3, 0.4) is 0 Å². The van der Waals surface area contributed by atoms with Gasteiger partial charge in [-0.05, 0) is 36.7 Å². The molecule has 1 aromatic heterocycles. The van der Waals surface area contributed by atoms with Crippen LogP contribution in [0.15, 0.2) is 46.6 Å². The molecule has 0 N–H and O–H groups in total. The van der Waals surface area contributed by atoms with Crippen LogP contribution in [-0.2, 0) is 0 Å². The van der Waals surface area contributed by atoms with Crippen LogP contribution in [0.5, 0.6) is 0 Å². The Morgan fingerprint density at radius 1 is 1.19 bits per heavy atom. The average Bonchev–Trinajstić information content (AvgIpc) is 3.03. The van der Waals surface area contributed by atoms with Crippen molar-refractivity contribution in [2.75, 3.05) is 18.0 Å². The van der Waals surface area contributed by atoms with Crippen LogP contribution in [0.1, 0.15) is 39.0 Å². The largest absolute Gasteiger partial charge is 0.355 e. The van der Waals surface area contributed by atoms with Crippen molar-refractivity contribution in [3.8, 4) is 0 Å². The Kier molecular flexibility index (Phi) is 4.86. The highest BCUT2D eigenvalue weighted by Gasteiger charge is 2.42. The summed E-state index contributed by atoms with van der Waals surface area (Å²) in [6.07, 6.45) is 10.5. The predicted molar refractivity (Wildman–Crippen MR) is 106 cm³/mol. The van der Waals surface area contributed by atoms with Crippen LogP contribution in [0.25, 0.3) is 4.85 Å². The van der Waals surface area contributed by atoms with E-state index in [1.807, 2.05) is 36.7 Å². The van der Waals surface area contributed by atoms with E-state index in [1.54, 1.807) is 11.8 Å². The van der Waals surface area contributed by atoms with Gasteiger partial charge in [-0.25, -0.2) is 14.8 Å². The summed E-state index contributed by atoms with van der Waals surface area (Å²) >= 11 is 1.55. The fourth-order valence-corrected chi connectivity index (χ4v) is 5.28. The molecule has 4 nitrogen and oxygen atoms in total. The van der Waals surface area contributed by atoms with Gasteiger partial charge in [0.25, 0.3) is 0 Å². The molecule has 1 aliphatic heterocycles. The number of anilines is 1. The molecule has 0 amide bonds. The maximum absolute atomic E-state index is 7.12. The third kappa shape index (κ3) is 3.43. The molecule has 0 bridgehead atoms. The van der Waals surface area contributed by atoms with Gasteiger partial charge in [0.05, 0.1) is 19.0 Å². The summed E-state index contributed by atoms with van der Waals surface area (Å²) in [6.45, 7) is 11.7. The molecule has 0 unspecified atom stereocenters. The first kappa shape index (κ1) is 17.4. The molecule has 1 atom stereocenters. The number of rotatable bonds is 3. The van der Waals surface area contributed by atoms with Gasteiger partial charge in [-0.3, -0.25) is 0 Å². The van der Waals surface area contributed by atoms with Crippen LogP contribution >= 0.6 is 11.8 Å². The van der Waals surface area contributed by atoms with Gasteiger partial charge in [0.1, 0.15) is 10.8 Å². The maximum Gasteiger partial charge on any atom is 0.188 e. The van der Waals surface area contributed by atoms with Crippen LogP contribution in [0, 0.1) is 17.9 Å². The summed E-state index contributed by atoms with van der Waals surface area (Å²) in [7, 11) is 0. The lowest BCUT2D eigenvalue weighted by molar-refractivity contribution is 0.161. The van der Waals surface area contributed by atoms with Crippen molar-refractivity contribution >= 4 is 23.3 Å². The lowest BCUT2D eigenvalue weighted by Gasteiger charge is -2.42. The van der Waals surface area contributed by atoms with Gasteiger partial charge in [0, 0.05) is 18.0 Å². The van der Waals surface area contributed by atoms with E-state index in [-0.39, 0.29) is 0 Å². The van der Waals surface area contributed by atoms with Crippen molar-refractivity contribution in [1.29, 1.82) is 0 Å². The van der Waals surface area contributed by atoms with Crippen molar-refractivity contribution in [3.05, 3.63) is 48.1 Å². The van der Waals surface area contributed by atoms with Gasteiger partial charge >= 0.3 is 0 Å². The van der Waals surface area contributed by atoms with Crippen molar-refractivity contribution < 1.29 is 0 Å². The number of piperidine rings is 1. The highest BCUT2D eigenvalue weighted by Crippen LogP contribution is 2.50. The second-order valence-electron chi connectivity index (χ2n) is 7.57. The molecule has 2 aliphatic rings. The molecular formula is C21H24N4S. The highest BCUT2D eigenvalue weighted by atomic mass is 32.2. The summed E-state index contributed by atoms with van der Waals surface area (Å²) in [5.74, 6) is 1.87. The molecule has 1 saturated carbocycles. The minimum Gasteiger partial charge on any atom is -0.355 e. The van der Waals surface area contributed by atoms with E-state index in [0.29, 0.717) is 11.1 Å². The van der Waals surface area contributed by atoms with E-state index in [9.17, 15) is 0 Å². The van der Waals surface area contributed by atoms with Gasteiger partial charge in [-0.2, -0.15) is 0 Å². The standard InChI is InChI=1S/C21H24N4S/c1-16-5-4-8-21(16)9-11-25(12-10-21)19-14-24-20(15-23-19)26-18-7-3-6-17(13-18)22-2/h3,6-7,13-16H,4-5,8-12H2,1H3/t16-/m1/s1. The van der Waals surface area contributed by atoms with E-state index in [4.69, 9.17) is 6.57 Å². The lowest BCUT2D eigenvalue weighted by atomic mass is 9.71. The summed E-state index contributed by atoms with van der Waals surface area (Å²) in [5, 5.41) is 0.869. The normalized spacial score (nSPS) is 21.7. The minimum absolute atomic E-state index is 0.591. The highest BCUT2D eigenvalue weighted by molar-refractivity contribution is 7.99. The van der Waals surface area contributed by atoms with Gasteiger partial charge in [0.2, 0.25) is 0 Å². The molecule has 1 saturated heterocycles. The number of aromatic nitrogens is 2. The minimum atomic E-state index is 0.591. The monoisotopic (exact) mass is 364 g/mol. The Hall–Kier alpha value is -2.06. The van der Waals surface area contributed by atoms with Gasteiger partial charge in [-0.1, -0.05) is 49.7 Å². The van der Waals surface area contributed by atoms with Gasteiger partial charge in [-0.15, -0.1) is 0 Å². The lowest BCUT2D eigenvalue weighted by Crippen LogP contribution is -2.41. The first-order chi connectivity index (χ1) is 12.7. The van der Waals surface area contributed by atoms with Crippen molar-refractivity contribution in [2.45, 2.75) is 48.9 Å². The molecule has 5 heteroatoms. The van der Waals surface area contributed by atoms with Crippen molar-refractivity contribution in [3.63, 3.8) is 0 Å². The predicted octanol–water partition coefficient (Wildman–Crippen LogP) is 5.59. The number of hydrogen-bond acceptors (Lipinski definition) is 4. The molecule has 2 aromatic rings. The Morgan fingerprint density at radius 2 is 2.04 bits per heavy atom. The van der Waals surface area contributed by atoms with Crippen LogP contribution in [0.2, 0.25) is 0 Å². The summed E-state index contributed by atoms with van der Waals surface area (Å²) in [4.78, 5) is 16.1. The zero-order chi connectivity index (χ0) is 18.0. The maximum atomic E-state index is 7.12. The number of benzene rings is 1. The van der Waals surface area contributed by atoms with E-state index in [1.165, 1.54) is 32.1 Å². The molecular weight excluding hydrogens is 340 g/mol. The molecule has 1 aliphatic carbocycles. The SMILES string of the molecule is [C-]#[N+]c1cccc(Sc2cnc(N3CCC4(CCC[C@H]4C)CC3)cn2)c1. The summed E-state index contributed by atoms with van der Waals surface area (Å²) in [5.41, 5.74) is 1.25. The van der Waals surface area contributed by atoms with Crippen LogP contribution in [-0.4, -0.2) is 23.1 Å². The van der Waals surface area contributed by atoms with Crippen LogP contribution in [0.4, 0.5) is 11.5 Å². The van der Waals surface area contributed by atoms with Crippen LogP contribution < -0.4 is 4.90 Å². The Bertz CT molecular complexity index is 804. The molecule has 1 spiro atoms. The molecule has 2 fully saturated rings. The molecule has 2 heterocycles. The molecule has 4 rings (SSSR count). The molecule has 134 valence electrons. The van der Waals surface area contributed by atoms with E-state index < -0.39 is 0 Å². The number of nitrogens with zero attached hydrogens (tertiary/aromatic N) is 4. The molecule has 26 heavy (non-hydrogen) atoms. The number of hydrogen-bond donors (Lipinski definition) is 0. The molecule has 0 radical (unpaired) electrons. The van der Waals surface area contributed by atoms with Crippen molar-refractivity contribution in [1.82, 2.24) is 9.97 Å². The second-order valence-corrected chi connectivity index (χ2v) is 8.66. The molecule has 1 aromatic carbocycles. The summed E-state index contributed by atoms with van der Waals surface area (Å²) < 4.78 is 0. The van der Waals surface area contributed by atoms with Gasteiger partial charge in [0.15, 0.2) is 5.69 Å². The van der Waals surface area contributed by atoms with E-state index in [0.717, 1.165) is 34.7 Å². The van der Waals surface area contributed by atoms with E-state index in [2.05, 4.69) is 26.6 Å². The summed E-state index contributed by atoms with van der Waals surface area (Å²) in [6, 6.07) is 7.62. The third-order valence-electron chi connectivity index (χ3n) is 6.22. The fraction of sp³-hybridized carbons (Fsp3) is 0.476. The third-order valence-corrected chi connectivity index (χ3v) is 7.13. The van der Waals surface area contributed by atoms with Gasteiger partial charge < -0.3 is 4.90 Å². The van der Waals surface area contributed by atoms with E-state index >= 15 is 0 Å². The topological polar surface area (TPSA) is 33.4 Å². The Balaban J connectivity index is 1.40. The van der Waals surface area contributed by atoms with Crippen molar-refractivity contribution in [2.24, 2.45) is 11.3 Å². The first-order valence-corrected chi connectivity index (χ1v) is 10.2.